The Morgan fingerprint density at radius 2 is 1.78 bits per heavy atom. The number of halogens is 2. The Hall–Kier alpha value is -4.68. The van der Waals surface area contributed by atoms with Crippen LogP contribution >= 0.6 is 11.8 Å². The minimum Gasteiger partial charge on any atom is -0.416 e. The van der Waals surface area contributed by atoms with Crippen LogP contribution in [0.15, 0.2) is 82.6 Å². The number of nitrogens with zero attached hydrogens (tertiary/aromatic N) is 4. The van der Waals surface area contributed by atoms with Crippen molar-refractivity contribution < 1.29 is 27.8 Å². The number of amides is 1. The number of aromatic nitrogens is 1. The third-order valence-corrected chi connectivity index (χ3v) is 9.46. The van der Waals surface area contributed by atoms with Crippen LogP contribution in [0.3, 0.4) is 0 Å². The maximum Gasteiger partial charge on any atom is 0.343 e. The summed E-state index contributed by atoms with van der Waals surface area (Å²) in [6, 6.07) is 17.4. The van der Waals surface area contributed by atoms with Gasteiger partial charge in [0.2, 0.25) is 11.2 Å². The number of carbonyl (C=O) groups excluding carboxylic acids is 2. The summed E-state index contributed by atoms with van der Waals surface area (Å²) in [5, 5.41) is 1.83. The number of ether oxygens (including phenoxy) is 2. The average Bonchev–Trinajstić information content (AvgIpc) is 3.21. The first-order valence-corrected chi connectivity index (χ1v) is 15.3. The molecule has 0 bridgehead atoms. The molecule has 1 amide bonds. The van der Waals surface area contributed by atoms with Gasteiger partial charge in [-0.15, -0.1) is 11.8 Å². The first-order valence-electron chi connectivity index (χ1n) is 14.4. The highest BCUT2D eigenvalue weighted by atomic mass is 32.2. The lowest BCUT2D eigenvalue weighted by molar-refractivity contribution is -0.0197. The van der Waals surface area contributed by atoms with Crippen LogP contribution in [0.25, 0.3) is 0 Å². The normalized spacial score (nSPS) is 18.7. The fraction of sp³-hybridized carbons (Fsp3) is 0.242. The second-order valence-electron chi connectivity index (χ2n) is 11.1. The van der Waals surface area contributed by atoms with Gasteiger partial charge >= 0.3 is 5.97 Å². The summed E-state index contributed by atoms with van der Waals surface area (Å²) in [4.78, 5) is 45.1. The molecule has 2 atom stereocenters. The van der Waals surface area contributed by atoms with Crippen LogP contribution in [-0.4, -0.2) is 61.5 Å². The molecule has 7 rings (SSSR count). The van der Waals surface area contributed by atoms with Crippen molar-refractivity contribution in [2.24, 2.45) is 0 Å². The molecule has 1 saturated heterocycles. The third kappa shape index (κ3) is 4.84. The van der Waals surface area contributed by atoms with Crippen molar-refractivity contribution in [1.29, 1.82) is 0 Å². The van der Waals surface area contributed by atoms with Crippen LogP contribution in [0.4, 0.5) is 14.5 Å². The first-order chi connectivity index (χ1) is 21.7. The van der Waals surface area contributed by atoms with Gasteiger partial charge in [0, 0.05) is 54.8 Å². The topological polar surface area (TPSA) is 84.3 Å². The molecule has 3 aliphatic heterocycles. The van der Waals surface area contributed by atoms with Crippen LogP contribution in [-0.2, 0) is 10.5 Å². The number of hydrogen-bond acceptors (Lipinski definition) is 8. The predicted octanol–water partition coefficient (Wildman–Crippen LogP) is 4.56. The maximum atomic E-state index is 15.4. The molecule has 0 saturated carbocycles. The predicted molar refractivity (Wildman–Crippen MR) is 164 cm³/mol. The van der Waals surface area contributed by atoms with Gasteiger partial charge in [0.25, 0.3) is 5.91 Å². The Morgan fingerprint density at radius 3 is 2.56 bits per heavy atom. The Balaban J connectivity index is 1.42. The number of fused-ring (bicyclic) bond motifs is 4. The Bertz CT molecular complexity index is 1900. The summed E-state index contributed by atoms with van der Waals surface area (Å²) >= 11 is 1.39. The molecule has 45 heavy (non-hydrogen) atoms. The average molecular weight is 631 g/mol. The van der Waals surface area contributed by atoms with Crippen molar-refractivity contribution >= 4 is 29.3 Å². The fourth-order valence-corrected chi connectivity index (χ4v) is 7.23. The Labute approximate surface area is 261 Å². The minimum atomic E-state index is -0.952. The fourth-order valence-electron chi connectivity index (χ4n) is 6.12. The second-order valence-corrected chi connectivity index (χ2v) is 12.1. The number of pyridine rings is 1. The zero-order valence-corrected chi connectivity index (χ0v) is 25.2. The molecule has 3 aliphatic rings. The number of anilines is 1. The van der Waals surface area contributed by atoms with Crippen molar-refractivity contribution in [1.82, 2.24) is 9.58 Å². The van der Waals surface area contributed by atoms with Crippen LogP contribution in [0.2, 0.25) is 0 Å². The number of esters is 1. The standard InChI is InChI=1S/C33H28F2N4O5S/c1-36(2)20-9-7-19(8-10-20)33(42)44-31-25(40)13-14-38-30(31)32(41)37-15-16-43-17-27(37)39(38)29-21-11-12-24(34)28(35)23(21)18-45-26-6-4-3-5-22(26)29/h3-14,27,29H,15-18H2,1-2H3/t27-,29+/m1/s1. The minimum absolute atomic E-state index is 0.121. The van der Waals surface area contributed by atoms with Crippen molar-refractivity contribution in [3.05, 3.63) is 123 Å². The van der Waals surface area contributed by atoms with Crippen molar-refractivity contribution in [3.63, 3.8) is 0 Å². The summed E-state index contributed by atoms with van der Waals surface area (Å²) in [7, 11) is 3.74. The van der Waals surface area contributed by atoms with Gasteiger partial charge in [-0.25, -0.2) is 13.6 Å². The van der Waals surface area contributed by atoms with Crippen LogP contribution in [0.5, 0.6) is 5.75 Å². The quantitative estimate of drug-likeness (QED) is 0.304. The summed E-state index contributed by atoms with van der Waals surface area (Å²) in [5.74, 6) is -3.42. The summed E-state index contributed by atoms with van der Waals surface area (Å²) < 4.78 is 43.0. The van der Waals surface area contributed by atoms with E-state index in [2.05, 4.69) is 0 Å². The van der Waals surface area contributed by atoms with E-state index in [4.69, 9.17) is 9.47 Å². The van der Waals surface area contributed by atoms with Crippen molar-refractivity contribution in [2.75, 3.05) is 43.8 Å². The molecule has 1 aromatic heterocycles. The van der Waals surface area contributed by atoms with E-state index in [0.29, 0.717) is 5.56 Å². The molecule has 0 radical (unpaired) electrons. The number of benzene rings is 3. The molecule has 4 aromatic rings. The van der Waals surface area contributed by atoms with Crippen molar-refractivity contribution in [3.8, 4) is 5.75 Å². The van der Waals surface area contributed by atoms with Crippen LogP contribution in [0, 0.1) is 11.6 Å². The summed E-state index contributed by atoms with van der Waals surface area (Å²) in [6.07, 6.45) is 0.774. The number of hydrogen-bond donors (Lipinski definition) is 0. The van der Waals surface area contributed by atoms with Crippen LogP contribution in [0.1, 0.15) is 43.6 Å². The Morgan fingerprint density at radius 1 is 1.00 bits per heavy atom. The highest BCUT2D eigenvalue weighted by Gasteiger charge is 2.46. The van der Waals surface area contributed by atoms with E-state index < -0.39 is 46.9 Å². The third-order valence-electron chi connectivity index (χ3n) is 8.35. The van der Waals surface area contributed by atoms with Gasteiger partial charge in [0.1, 0.15) is 6.17 Å². The van der Waals surface area contributed by atoms with E-state index >= 15 is 4.39 Å². The maximum absolute atomic E-state index is 15.4. The zero-order valence-electron chi connectivity index (χ0n) is 24.4. The lowest BCUT2D eigenvalue weighted by atomic mass is 9.93. The van der Waals surface area contributed by atoms with E-state index in [1.165, 1.54) is 28.7 Å². The molecular formula is C33H28F2N4O5S. The van der Waals surface area contributed by atoms with E-state index in [9.17, 15) is 18.8 Å². The van der Waals surface area contributed by atoms with E-state index in [0.717, 1.165) is 22.2 Å². The molecule has 4 heterocycles. The van der Waals surface area contributed by atoms with Gasteiger partial charge in [0.05, 0.1) is 24.8 Å². The smallest absolute Gasteiger partial charge is 0.343 e. The van der Waals surface area contributed by atoms with Gasteiger partial charge in [0.15, 0.2) is 17.3 Å². The van der Waals surface area contributed by atoms with E-state index in [1.54, 1.807) is 35.2 Å². The monoisotopic (exact) mass is 630 g/mol. The summed E-state index contributed by atoms with van der Waals surface area (Å²) in [5.41, 5.74) is 1.80. The highest BCUT2D eigenvalue weighted by molar-refractivity contribution is 7.98. The van der Waals surface area contributed by atoms with Crippen LogP contribution < -0.4 is 20.1 Å². The largest absolute Gasteiger partial charge is 0.416 e. The molecule has 0 aliphatic carbocycles. The lowest BCUT2D eigenvalue weighted by Crippen LogP contribution is -2.66. The van der Waals surface area contributed by atoms with Gasteiger partial charge in [-0.1, -0.05) is 24.3 Å². The molecule has 0 N–H and O–H groups in total. The van der Waals surface area contributed by atoms with Crippen molar-refractivity contribution in [2.45, 2.75) is 22.9 Å². The zero-order chi connectivity index (χ0) is 31.4. The number of morpholine rings is 1. The number of carbonyl (C=O) groups is 2. The molecule has 0 unspecified atom stereocenters. The molecule has 230 valence electrons. The first kappa shape index (κ1) is 29.1. The molecule has 0 spiro atoms. The summed E-state index contributed by atoms with van der Waals surface area (Å²) in [6.45, 7) is 0.583. The number of rotatable bonds is 4. The molecule has 9 nitrogen and oxygen atoms in total. The Kier molecular flexibility index (Phi) is 7.33. The lowest BCUT2D eigenvalue weighted by Gasteiger charge is -2.51. The van der Waals surface area contributed by atoms with Gasteiger partial charge < -0.3 is 19.3 Å². The number of thioether (sulfide) groups is 1. The molecular weight excluding hydrogens is 602 g/mol. The molecule has 1 fully saturated rings. The molecule has 3 aromatic carbocycles. The van der Waals surface area contributed by atoms with E-state index in [1.807, 2.05) is 48.3 Å². The van der Waals surface area contributed by atoms with E-state index in [-0.39, 0.29) is 42.3 Å². The van der Waals surface area contributed by atoms with Gasteiger partial charge in [-0.3, -0.25) is 19.3 Å². The SMILES string of the molecule is CN(C)c1ccc(C(=O)Oc2c3n(ccc2=O)N([C@@H]2c4ccccc4SCc4c2ccc(F)c4F)[C@@H]2COCCN2C3=O)cc1. The molecule has 12 heteroatoms. The van der Waals surface area contributed by atoms with Gasteiger partial charge in [-0.2, -0.15) is 0 Å². The second kappa shape index (κ2) is 11.4. The van der Waals surface area contributed by atoms with Gasteiger partial charge in [-0.05, 0) is 47.5 Å². The highest BCUT2D eigenvalue weighted by Crippen LogP contribution is 2.45.